The molecule has 3 heterocycles. The molecule has 110 valence electrons. The highest BCUT2D eigenvalue weighted by atomic mass is 79.9. The Bertz CT molecular complexity index is 670. The van der Waals surface area contributed by atoms with Crippen LogP contribution in [0.4, 0.5) is 0 Å². The van der Waals surface area contributed by atoms with Gasteiger partial charge in [0, 0.05) is 35.6 Å². The molecule has 4 rings (SSSR count). The molecule has 0 bridgehead atoms. The van der Waals surface area contributed by atoms with Crippen molar-refractivity contribution in [1.29, 1.82) is 0 Å². The average molecular weight is 349 g/mol. The fourth-order valence-electron chi connectivity index (χ4n) is 3.28. The molecule has 0 aliphatic carbocycles. The number of nitrogens with zero attached hydrogens (tertiary/aromatic N) is 2. The standard InChI is InChI=1S/C16H17BrN2O2/c17-14-8-12-2-1-4-18-15(12)13(9-14)10-19-5-3-16(11-19)20-6-7-21-16/h1-2,4,8-9H,3,5-7,10-11H2. The second kappa shape index (κ2) is 5.32. The molecule has 2 aromatic rings. The van der Waals surface area contributed by atoms with Gasteiger partial charge in [0.15, 0.2) is 5.79 Å². The molecule has 2 aliphatic heterocycles. The van der Waals surface area contributed by atoms with Crippen molar-refractivity contribution in [3.05, 3.63) is 40.5 Å². The van der Waals surface area contributed by atoms with Gasteiger partial charge in [0.05, 0.1) is 25.3 Å². The van der Waals surface area contributed by atoms with Gasteiger partial charge in [0.1, 0.15) is 0 Å². The fraction of sp³-hybridized carbons (Fsp3) is 0.438. The molecule has 0 N–H and O–H groups in total. The summed E-state index contributed by atoms with van der Waals surface area (Å²) in [5, 5.41) is 1.17. The number of hydrogen-bond acceptors (Lipinski definition) is 4. The van der Waals surface area contributed by atoms with Crippen molar-refractivity contribution in [2.75, 3.05) is 26.3 Å². The summed E-state index contributed by atoms with van der Waals surface area (Å²) in [4.78, 5) is 6.93. The minimum absolute atomic E-state index is 0.352. The van der Waals surface area contributed by atoms with Gasteiger partial charge in [-0.25, -0.2) is 0 Å². The minimum Gasteiger partial charge on any atom is -0.346 e. The van der Waals surface area contributed by atoms with Crippen LogP contribution in [0.1, 0.15) is 12.0 Å². The number of aromatic nitrogens is 1. The van der Waals surface area contributed by atoms with Gasteiger partial charge in [0.25, 0.3) is 0 Å². The van der Waals surface area contributed by atoms with Gasteiger partial charge < -0.3 is 9.47 Å². The van der Waals surface area contributed by atoms with Crippen LogP contribution < -0.4 is 0 Å². The number of ether oxygens (including phenoxy) is 2. The Balaban J connectivity index is 1.60. The van der Waals surface area contributed by atoms with Crippen LogP contribution in [0.15, 0.2) is 34.9 Å². The van der Waals surface area contributed by atoms with Crippen LogP contribution in [0.3, 0.4) is 0 Å². The van der Waals surface area contributed by atoms with Crippen molar-refractivity contribution in [2.24, 2.45) is 0 Å². The smallest absolute Gasteiger partial charge is 0.182 e. The minimum atomic E-state index is -0.352. The number of hydrogen-bond donors (Lipinski definition) is 0. The first-order valence-corrected chi connectivity index (χ1v) is 8.07. The predicted molar refractivity (Wildman–Crippen MR) is 84.0 cm³/mol. The normalized spacial score (nSPS) is 21.6. The molecular weight excluding hydrogens is 332 g/mol. The van der Waals surface area contributed by atoms with E-state index in [2.05, 4.69) is 44.0 Å². The zero-order valence-corrected chi connectivity index (χ0v) is 13.3. The van der Waals surface area contributed by atoms with E-state index in [0.29, 0.717) is 0 Å². The molecule has 1 spiro atoms. The van der Waals surface area contributed by atoms with Crippen LogP contribution in [0.5, 0.6) is 0 Å². The summed E-state index contributed by atoms with van der Waals surface area (Å²) in [6.45, 7) is 4.15. The summed E-state index contributed by atoms with van der Waals surface area (Å²) in [7, 11) is 0. The highest BCUT2D eigenvalue weighted by molar-refractivity contribution is 9.10. The first kappa shape index (κ1) is 13.6. The highest BCUT2D eigenvalue weighted by Gasteiger charge is 2.43. The van der Waals surface area contributed by atoms with Crippen molar-refractivity contribution in [3.63, 3.8) is 0 Å². The first-order valence-electron chi connectivity index (χ1n) is 7.28. The van der Waals surface area contributed by atoms with Crippen LogP contribution in [0.25, 0.3) is 10.9 Å². The third-order valence-corrected chi connectivity index (χ3v) is 4.69. The van der Waals surface area contributed by atoms with E-state index in [9.17, 15) is 0 Å². The van der Waals surface area contributed by atoms with Gasteiger partial charge in [0.2, 0.25) is 0 Å². The zero-order chi connectivity index (χ0) is 14.3. The highest BCUT2D eigenvalue weighted by Crippen LogP contribution is 2.32. The molecule has 4 nitrogen and oxygen atoms in total. The Labute approximate surface area is 132 Å². The molecule has 1 aromatic heterocycles. The molecule has 2 saturated heterocycles. The topological polar surface area (TPSA) is 34.6 Å². The van der Waals surface area contributed by atoms with Crippen molar-refractivity contribution in [2.45, 2.75) is 18.8 Å². The molecule has 2 aliphatic rings. The SMILES string of the molecule is Brc1cc(CN2CCC3(C2)OCCO3)c2ncccc2c1. The number of likely N-dealkylation sites (tertiary alicyclic amines) is 1. The van der Waals surface area contributed by atoms with Gasteiger partial charge in [-0.05, 0) is 23.8 Å². The maximum absolute atomic E-state index is 5.79. The van der Waals surface area contributed by atoms with E-state index in [4.69, 9.17) is 9.47 Å². The lowest BCUT2D eigenvalue weighted by molar-refractivity contribution is -0.145. The van der Waals surface area contributed by atoms with E-state index >= 15 is 0 Å². The van der Waals surface area contributed by atoms with Crippen LogP contribution in [0.2, 0.25) is 0 Å². The van der Waals surface area contributed by atoms with E-state index < -0.39 is 0 Å². The first-order chi connectivity index (χ1) is 10.2. The van der Waals surface area contributed by atoms with E-state index in [-0.39, 0.29) is 5.79 Å². The Morgan fingerprint density at radius 1 is 1.29 bits per heavy atom. The van der Waals surface area contributed by atoms with Gasteiger partial charge in [-0.2, -0.15) is 0 Å². The predicted octanol–water partition coefficient (Wildman–Crippen LogP) is 2.95. The summed E-state index contributed by atoms with van der Waals surface area (Å²) >= 11 is 3.60. The summed E-state index contributed by atoms with van der Waals surface area (Å²) in [6, 6.07) is 8.35. The molecule has 0 atom stereocenters. The average Bonchev–Trinajstić information content (AvgIpc) is 3.09. The lowest BCUT2D eigenvalue weighted by Crippen LogP contribution is -2.34. The largest absolute Gasteiger partial charge is 0.346 e. The van der Waals surface area contributed by atoms with Gasteiger partial charge in [-0.15, -0.1) is 0 Å². The van der Waals surface area contributed by atoms with Gasteiger partial charge >= 0.3 is 0 Å². The van der Waals surface area contributed by atoms with E-state index in [1.54, 1.807) is 0 Å². The van der Waals surface area contributed by atoms with Crippen molar-refractivity contribution in [3.8, 4) is 0 Å². The van der Waals surface area contributed by atoms with Crippen LogP contribution in [0, 0.1) is 0 Å². The monoisotopic (exact) mass is 348 g/mol. The molecule has 5 heteroatoms. The Kier molecular flexibility index (Phi) is 3.46. The fourth-order valence-corrected chi connectivity index (χ4v) is 3.81. The van der Waals surface area contributed by atoms with Crippen molar-refractivity contribution >= 4 is 26.8 Å². The van der Waals surface area contributed by atoms with Crippen molar-refractivity contribution < 1.29 is 9.47 Å². The molecule has 0 saturated carbocycles. The maximum atomic E-state index is 5.79. The quantitative estimate of drug-likeness (QED) is 0.835. The van der Waals surface area contributed by atoms with E-state index in [1.807, 2.05) is 12.3 Å². The second-order valence-electron chi connectivity index (χ2n) is 5.71. The van der Waals surface area contributed by atoms with Crippen molar-refractivity contribution in [1.82, 2.24) is 9.88 Å². The molecular formula is C16H17BrN2O2. The maximum Gasteiger partial charge on any atom is 0.182 e. The number of pyridine rings is 1. The summed E-state index contributed by atoms with van der Waals surface area (Å²) in [5.74, 6) is -0.352. The molecule has 2 fully saturated rings. The number of fused-ring (bicyclic) bond motifs is 1. The Morgan fingerprint density at radius 2 is 2.14 bits per heavy atom. The molecule has 1 aromatic carbocycles. The molecule has 21 heavy (non-hydrogen) atoms. The molecule has 0 amide bonds. The van der Waals surface area contributed by atoms with E-state index in [0.717, 1.165) is 49.3 Å². The molecule has 0 radical (unpaired) electrons. The third kappa shape index (κ3) is 2.59. The number of halogens is 1. The van der Waals surface area contributed by atoms with E-state index in [1.165, 1.54) is 10.9 Å². The Morgan fingerprint density at radius 3 is 3.00 bits per heavy atom. The van der Waals surface area contributed by atoms with Gasteiger partial charge in [-0.1, -0.05) is 22.0 Å². The zero-order valence-electron chi connectivity index (χ0n) is 11.7. The summed E-state index contributed by atoms with van der Waals surface area (Å²) < 4.78 is 12.7. The van der Waals surface area contributed by atoms with Gasteiger partial charge in [-0.3, -0.25) is 9.88 Å². The third-order valence-electron chi connectivity index (χ3n) is 4.23. The lowest BCUT2D eigenvalue weighted by Gasteiger charge is -2.22. The Hall–Kier alpha value is -1.01. The molecule has 0 unspecified atom stereocenters. The summed E-state index contributed by atoms with van der Waals surface area (Å²) in [5.41, 5.74) is 2.32. The summed E-state index contributed by atoms with van der Waals surface area (Å²) in [6.07, 6.45) is 2.81. The second-order valence-corrected chi connectivity index (χ2v) is 6.62. The number of benzene rings is 1. The number of rotatable bonds is 2. The van der Waals surface area contributed by atoms with Crippen LogP contribution >= 0.6 is 15.9 Å². The lowest BCUT2D eigenvalue weighted by atomic mass is 10.1. The van der Waals surface area contributed by atoms with Crippen LogP contribution in [-0.4, -0.2) is 42.0 Å². The van der Waals surface area contributed by atoms with Crippen LogP contribution in [-0.2, 0) is 16.0 Å².